The summed E-state index contributed by atoms with van der Waals surface area (Å²) in [4.78, 5) is 0. The second-order valence-corrected chi connectivity index (χ2v) is 4.40. The van der Waals surface area contributed by atoms with Crippen molar-refractivity contribution in [2.75, 3.05) is 0 Å². The lowest BCUT2D eigenvalue weighted by molar-refractivity contribution is 0.288. The molecule has 0 atom stereocenters. The third-order valence-corrected chi connectivity index (χ3v) is 3.71. The fourth-order valence-electron chi connectivity index (χ4n) is 2.09. The Morgan fingerprint density at radius 2 is 1.81 bits per heavy atom. The molecule has 0 aliphatic heterocycles. The lowest BCUT2D eigenvalue weighted by Gasteiger charge is -2.31. The van der Waals surface area contributed by atoms with Crippen LogP contribution in [0.5, 0.6) is 0 Å². The van der Waals surface area contributed by atoms with Crippen LogP contribution >= 0.6 is 0 Å². The van der Waals surface area contributed by atoms with Crippen LogP contribution in [0.25, 0.3) is 0 Å². The maximum Gasteiger partial charge on any atom is 0.0534 e. The van der Waals surface area contributed by atoms with Gasteiger partial charge >= 0.3 is 0 Å². The largest absolute Gasteiger partial charge is 0.307 e. The molecular weight excluding hydrogens is 198 g/mol. The van der Waals surface area contributed by atoms with Gasteiger partial charge in [-0.3, -0.25) is 4.68 Å². The van der Waals surface area contributed by atoms with Crippen LogP contribution in [0.4, 0.5) is 0 Å². The van der Waals surface area contributed by atoms with Crippen LogP contribution in [0.2, 0.25) is 0 Å². The molecule has 3 heteroatoms. The van der Waals surface area contributed by atoms with Gasteiger partial charge in [-0.05, 0) is 26.2 Å². The predicted octanol–water partition coefficient (Wildman–Crippen LogP) is 2.96. The second-order valence-electron chi connectivity index (χ2n) is 4.40. The number of nitrogens with one attached hydrogen (secondary N) is 1. The molecule has 0 fully saturated rings. The molecule has 1 heterocycles. The molecule has 0 unspecified atom stereocenters. The summed E-state index contributed by atoms with van der Waals surface area (Å²) in [5.41, 5.74) is 1.58. The summed E-state index contributed by atoms with van der Waals surface area (Å²) in [5.74, 6) is 0. The molecule has 1 aromatic rings. The van der Waals surface area contributed by atoms with E-state index in [1.54, 1.807) is 0 Å². The van der Waals surface area contributed by atoms with Crippen molar-refractivity contribution in [1.82, 2.24) is 15.1 Å². The van der Waals surface area contributed by atoms with E-state index in [1.165, 1.54) is 24.8 Å². The van der Waals surface area contributed by atoms with Crippen molar-refractivity contribution >= 4 is 0 Å². The summed E-state index contributed by atoms with van der Waals surface area (Å²) < 4.78 is 1.97. The summed E-state index contributed by atoms with van der Waals surface area (Å²) in [6.07, 6.45) is 7.63. The number of hydrogen-bond acceptors (Lipinski definition) is 2. The molecule has 0 bridgehead atoms. The van der Waals surface area contributed by atoms with Crippen molar-refractivity contribution in [2.24, 2.45) is 0 Å². The number of hydrogen-bond donors (Lipinski definition) is 1. The minimum Gasteiger partial charge on any atom is -0.307 e. The van der Waals surface area contributed by atoms with Gasteiger partial charge in [0, 0.05) is 30.4 Å². The number of aryl methyl sites for hydroxylation is 1. The van der Waals surface area contributed by atoms with E-state index in [0.717, 1.165) is 13.1 Å². The normalized spacial score (nSPS) is 12.0. The number of nitrogens with zero attached hydrogens (tertiary/aromatic N) is 2. The van der Waals surface area contributed by atoms with Crippen LogP contribution in [0.15, 0.2) is 12.4 Å². The zero-order valence-electron chi connectivity index (χ0n) is 11.1. The third kappa shape index (κ3) is 3.08. The fraction of sp³-hybridized carbons (Fsp3) is 0.769. The topological polar surface area (TPSA) is 29.9 Å². The molecular formula is C13H25N3. The smallest absolute Gasteiger partial charge is 0.0534 e. The van der Waals surface area contributed by atoms with E-state index in [4.69, 9.17) is 0 Å². The number of rotatable bonds is 7. The second kappa shape index (κ2) is 6.04. The van der Waals surface area contributed by atoms with Gasteiger partial charge in [0.25, 0.3) is 0 Å². The molecule has 0 spiro atoms. The third-order valence-electron chi connectivity index (χ3n) is 3.71. The first-order valence-corrected chi connectivity index (χ1v) is 6.46. The van der Waals surface area contributed by atoms with Crippen LogP contribution in [-0.2, 0) is 13.1 Å². The van der Waals surface area contributed by atoms with E-state index in [0.29, 0.717) is 5.54 Å². The van der Waals surface area contributed by atoms with E-state index in [1.807, 2.05) is 10.9 Å². The molecule has 1 N–H and O–H groups in total. The van der Waals surface area contributed by atoms with Crippen LogP contribution in [0.3, 0.4) is 0 Å². The highest BCUT2D eigenvalue weighted by atomic mass is 15.3. The van der Waals surface area contributed by atoms with E-state index in [-0.39, 0.29) is 0 Å². The summed E-state index contributed by atoms with van der Waals surface area (Å²) in [6.45, 7) is 10.8. The molecule has 16 heavy (non-hydrogen) atoms. The van der Waals surface area contributed by atoms with Gasteiger partial charge < -0.3 is 5.32 Å². The molecule has 0 aromatic carbocycles. The first-order valence-electron chi connectivity index (χ1n) is 6.46. The molecule has 0 aliphatic carbocycles. The van der Waals surface area contributed by atoms with Gasteiger partial charge in [-0.15, -0.1) is 0 Å². The van der Waals surface area contributed by atoms with Gasteiger partial charge in [-0.1, -0.05) is 20.8 Å². The zero-order chi connectivity index (χ0) is 12.0. The maximum absolute atomic E-state index is 4.29. The zero-order valence-corrected chi connectivity index (χ0v) is 11.1. The van der Waals surface area contributed by atoms with E-state index >= 15 is 0 Å². The summed E-state index contributed by atoms with van der Waals surface area (Å²) in [5, 5.41) is 7.97. The van der Waals surface area contributed by atoms with Crippen LogP contribution < -0.4 is 5.32 Å². The Morgan fingerprint density at radius 3 is 2.25 bits per heavy atom. The molecule has 0 saturated carbocycles. The standard InChI is InChI=1S/C13H25N3/c1-5-13(6-2,7-3)14-9-12-10-15-16(8-4)11-12/h10-11,14H,5-9H2,1-4H3. The SMILES string of the molecule is CCn1cc(CNC(CC)(CC)CC)cn1. The summed E-state index contributed by atoms with van der Waals surface area (Å²) in [7, 11) is 0. The van der Waals surface area contributed by atoms with Gasteiger partial charge in [-0.25, -0.2) is 0 Å². The van der Waals surface area contributed by atoms with Crippen LogP contribution in [0, 0.1) is 0 Å². The average Bonchev–Trinajstić information content (AvgIpc) is 2.80. The molecule has 0 aliphatic rings. The molecule has 1 rings (SSSR count). The average molecular weight is 223 g/mol. The van der Waals surface area contributed by atoms with E-state index in [9.17, 15) is 0 Å². The minimum absolute atomic E-state index is 0.300. The van der Waals surface area contributed by atoms with Crippen molar-refractivity contribution in [3.63, 3.8) is 0 Å². The van der Waals surface area contributed by atoms with Crippen molar-refractivity contribution in [3.05, 3.63) is 18.0 Å². The maximum atomic E-state index is 4.29. The first-order chi connectivity index (χ1) is 7.69. The lowest BCUT2D eigenvalue weighted by Crippen LogP contribution is -2.42. The summed E-state index contributed by atoms with van der Waals surface area (Å²) >= 11 is 0. The van der Waals surface area contributed by atoms with Crippen LogP contribution in [0.1, 0.15) is 52.5 Å². The van der Waals surface area contributed by atoms with E-state index in [2.05, 4.69) is 44.3 Å². The van der Waals surface area contributed by atoms with Crippen molar-refractivity contribution in [2.45, 2.75) is 65.6 Å². The molecule has 1 aromatic heterocycles. The highest BCUT2D eigenvalue weighted by Crippen LogP contribution is 2.19. The van der Waals surface area contributed by atoms with Gasteiger partial charge in [0.15, 0.2) is 0 Å². The Bertz CT molecular complexity index is 292. The first kappa shape index (κ1) is 13.2. The molecule has 0 saturated heterocycles. The lowest BCUT2D eigenvalue weighted by atomic mass is 9.90. The minimum atomic E-state index is 0.300. The summed E-state index contributed by atoms with van der Waals surface area (Å²) in [6, 6.07) is 0. The Kier molecular flexibility index (Phi) is 5.00. The van der Waals surface area contributed by atoms with Crippen molar-refractivity contribution < 1.29 is 0 Å². The Balaban J connectivity index is 2.55. The quantitative estimate of drug-likeness (QED) is 0.770. The van der Waals surface area contributed by atoms with Crippen molar-refractivity contribution in [3.8, 4) is 0 Å². The predicted molar refractivity (Wildman–Crippen MR) is 68.3 cm³/mol. The number of aromatic nitrogens is 2. The molecule has 0 radical (unpaired) electrons. The van der Waals surface area contributed by atoms with Gasteiger partial charge in [0.05, 0.1) is 6.20 Å². The Labute approximate surface area is 99.2 Å². The van der Waals surface area contributed by atoms with Gasteiger partial charge in [-0.2, -0.15) is 5.10 Å². The Hall–Kier alpha value is -0.830. The Morgan fingerprint density at radius 1 is 1.19 bits per heavy atom. The molecule has 0 amide bonds. The molecule has 3 nitrogen and oxygen atoms in total. The monoisotopic (exact) mass is 223 g/mol. The molecule has 92 valence electrons. The highest BCUT2D eigenvalue weighted by Gasteiger charge is 2.22. The van der Waals surface area contributed by atoms with Crippen molar-refractivity contribution in [1.29, 1.82) is 0 Å². The van der Waals surface area contributed by atoms with Crippen LogP contribution in [-0.4, -0.2) is 15.3 Å². The van der Waals surface area contributed by atoms with Gasteiger partial charge in [0.2, 0.25) is 0 Å². The fourth-order valence-corrected chi connectivity index (χ4v) is 2.09. The van der Waals surface area contributed by atoms with Gasteiger partial charge in [0.1, 0.15) is 0 Å². The van der Waals surface area contributed by atoms with E-state index < -0.39 is 0 Å². The highest BCUT2D eigenvalue weighted by molar-refractivity contribution is 5.04.